The lowest BCUT2D eigenvalue weighted by Gasteiger charge is -2.19. The van der Waals surface area contributed by atoms with Gasteiger partial charge in [-0.1, -0.05) is 17.4 Å². The molecule has 0 bridgehead atoms. The number of aryl methyl sites for hydroxylation is 3. The van der Waals surface area contributed by atoms with E-state index in [9.17, 15) is 4.39 Å². The van der Waals surface area contributed by atoms with Gasteiger partial charge in [0.25, 0.3) is 0 Å². The SMILES string of the molecule is C=NN(Cc1nnc(C)s1)c1cc(-c2ccc(F)c(C)c2)cnc1C. The molecule has 2 aromatic heterocycles. The number of rotatable bonds is 5. The van der Waals surface area contributed by atoms with Crippen molar-refractivity contribution in [3.8, 4) is 11.1 Å². The molecule has 0 N–H and O–H groups in total. The summed E-state index contributed by atoms with van der Waals surface area (Å²) in [6.45, 7) is 9.72. The Morgan fingerprint density at radius 2 is 1.96 bits per heavy atom. The van der Waals surface area contributed by atoms with E-state index < -0.39 is 0 Å². The summed E-state index contributed by atoms with van der Waals surface area (Å²) in [4.78, 5) is 4.47. The summed E-state index contributed by atoms with van der Waals surface area (Å²) in [5.41, 5.74) is 4.07. The molecule has 0 atom stereocenters. The number of aromatic nitrogens is 3. The van der Waals surface area contributed by atoms with Crippen LogP contribution in [0.4, 0.5) is 10.1 Å². The first-order chi connectivity index (χ1) is 12.0. The molecule has 0 amide bonds. The van der Waals surface area contributed by atoms with Crippen molar-refractivity contribution in [2.24, 2.45) is 5.10 Å². The molecule has 0 aliphatic carbocycles. The van der Waals surface area contributed by atoms with Gasteiger partial charge in [-0.05, 0) is 50.1 Å². The molecule has 0 saturated carbocycles. The van der Waals surface area contributed by atoms with Crippen LogP contribution in [0.5, 0.6) is 0 Å². The van der Waals surface area contributed by atoms with Crippen molar-refractivity contribution in [2.75, 3.05) is 5.01 Å². The monoisotopic (exact) mass is 355 g/mol. The Kier molecular flexibility index (Phi) is 4.85. The van der Waals surface area contributed by atoms with Crippen LogP contribution in [-0.4, -0.2) is 21.9 Å². The zero-order valence-corrected chi connectivity index (χ0v) is 15.1. The standard InChI is InChI=1S/C18H18FN5S/c1-11-7-14(5-6-16(11)19)15-8-17(12(2)21-9-15)24(20-4)10-18-23-22-13(3)25-18/h5-9H,4,10H2,1-3H3. The van der Waals surface area contributed by atoms with Gasteiger partial charge in [-0.2, -0.15) is 5.10 Å². The van der Waals surface area contributed by atoms with Gasteiger partial charge >= 0.3 is 0 Å². The number of pyridine rings is 1. The van der Waals surface area contributed by atoms with Gasteiger partial charge < -0.3 is 0 Å². The first kappa shape index (κ1) is 17.2. The number of nitrogens with zero attached hydrogens (tertiary/aromatic N) is 5. The fourth-order valence-corrected chi connectivity index (χ4v) is 3.20. The lowest BCUT2D eigenvalue weighted by molar-refractivity contribution is 0.619. The molecule has 2 heterocycles. The van der Waals surface area contributed by atoms with E-state index in [4.69, 9.17) is 0 Å². The van der Waals surface area contributed by atoms with Gasteiger partial charge in [-0.25, -0.2) is 4.39 Å². The maximum absolute atomic E-state index is 13.5. The Morgan fingerprint density at radius 1 is 1.16 bits per heavy atom. The molecule has 25 heavy (non-hydrogen) atoms. The van der Waals surface area contributed by atoms with E-state index in [1.54, 1.807) is 24.2 Å². The molecule has 3 aromatic rings. The van der Waals surface area contributed by atoms with E-state index in [1.807, 2.05) is 26.0 Å². The first-order valence-electron chi connectivity index (χ1n) is 7.74. The van der Waals surface area contributed by atoms with E-state index in [-0.39, 0.29) is 5.82 Å². The third kappa shape index (κ3) is 3.71. The zero-order chi connectivity index (χ0) is 18.0. The third-order valence-corrected chi connectivity index (χ3v) is 4.68. The number of halogens is 1. The van der Waals surface area contributed by atoms with Crippen LogP contribution in [0.2, 0.25) is 0 Å². The van der Waals surface area contributed by atoms with Crippen molar-refractivity contribution in [1.29, 1.82) is 0 Å². The van der Waals surface area contributed by atoms with E-state index in [2.05, 4.69) is 27.0 Å². The lowest BCUT2D eigenvalue weighted by Crippen LogP contribution is -2.16. The smallest absolute Gasteiger partial charge is 0.139 e. The summed E-state index contributed by atoms with van der Waals surface area (Å²) in [7, 11) is 0. The van der Waals surface area contributed by atoms with Gasteiger partial charge in [0.1, 0.15) is 15.8 Å². The van der Waals surface area contributed by atoms with E-state index in [0.717, 1.165) is 32.5 Å². The summed E-state index contributed by atoms with van der Waals surface area (Å²) in [5, 5.41) is 15.8. The minimum atomic E-state index is -0.218. The normalized spacial score (nSPS) is 10.7. The van der Waals surface area contributed by atoms with Gasteiger partial charge in [-0.3, -0.25) is 9.99 Å². The molecule has 128 valence electrons. The number of anilines is 1. The summed E-state index contributed by atoms with van der Waals surface area (Å²) < 4.78 is 13.5. The predicted molar refractivity (Wildman–Crippen MR) is 99.5 cm³/mol. The van der Waals surface area contributed by atoms with E-state index in [1.165, 1.54) is 17.4 Å². The van der Waals surface area contributed by atoms with Crippen molar-refractivity contribution < 1.29 is 4.39 Å². The molecule has 7 heteroatoms. The quantitative estimate of drug-likeness (QED) is 0.506. The molecule has 0 saturated heterocycles. The number of hydrogen-bond donors (Lipinski definition) is 0. The molecular weight excluding hydrogens is 337 g/mol. The third-order valence-electron chi connectivity index (χ3n) is 3.85. The second kappa shape index (κ2) is 7.06. The van der Waals surface area contributed by atoms with Crippen LogP contribution in [0.15, 0.2) is 35.6 Å². The van der Waals surface area contributed by atoms with E-state index in [0.29, 0.717) is 12.1 Å². The highest BCUT2D eigenvalue weighted by Crippen LogP contribution is 2.29. The first-order valence-corrected chi connectivity index (χ1v) is 8.56. The Balaban J connectivity index is 1.97. The van der Waals surface area contributed by atoms with Crippen LogP contribution in [0.25, 0.3) is 11.1 Å². The highest BCUT2D eigenvalue weighted by Gasteiger charge is 2.14. The van der Waals surface area contributed by atoms with Gasteiger partial charge in [-0.15, -0.1) is 10.2 Å². The molecule has 1 aromatic carbocycles. The second-order valence-corrected chi connectivity index (χ2v) is 6.97. The van der Waals surface area contributed by atoms with E-state index >= 15 is 0 Å². The summed E-state index contributed by atoms with van der Waals surface area (Å²) in [6, 6.07) is 7.01. The molecular formula is C18H18FN5S. The van der Waals surface area contributed by atoms with Crippen LogP contribution < -0.4 is 5.01 Å². The van der Waals surface area contributed by atoms with Gasteiger partial charge in [0, 0.05) is 18.5 Å². The highest BCUT2D eigenvalue weighted by atomic mass is 32.1. The van der Waals surface area contributed by atoms with Crippen molar-refractivity contribution >= 4 is 23.7 Å². The van der Waals surface area contributed by atoms with Crippen molar-refractivity contribution in [3.63, 3.8) is 0 Å². The van der Waals surface area contributed by atoms with Crippen molar-refractivity contribution in [2.45, 2.75) is 27.3 Å². The zero-order valence-electron chi connectivity index (χ0n) is 14.3. The predicted octanol–water partition coefficient (Wildman–Crippen LogP) is 4.29. The fraction of sp³-hybridized carbons (Fsp3) is 0.222. The lowest BCUT2D eigenvalue weighted by atomic mass is 10.0. The molecule has 0 spiro atoms. The maximum atomic E-state index is 13.5. The highest BCUT2D eigenvalue weighted by molar-refractivity contribution is 7.11. The van der Waals surface area contributed by atoms with Crippen LogP contribution >= 0.6 is 11.3 Å². The Morgan fingerprint density at radius 3 is 2.60 bits per heavy atom. The van der Waals surface area contributed by atoms with Crippen LogP contribution in [0, 0.1) is 26.6 Å². The summed E-state index contributed by atoms with van der Waals surface area (Å²) in [5.74, 6) is -0.218. The van der Waals surface area contributed by atoms with Crippen LogP contribution in [0.3, 0.4) is 0 Å². The maximum Gasteiger partial charge on any atom is 0.139 e. The Labute approximate surface area is 149 Å². The van der Waals surface area contributed by atoms with Crippen molar-refractivity contribution in [3.05, 3.63) is 57.6 Å². The molecule has 0 aliphatic heterocycles. The average Bonchev–Trinajstić information content (AvgIpc) is 3.01. The molecule has 0 fully saturated rings. The second-order valence-electron chi connectivity index (χ2n) is 5.71. The summed E-state index contributed by atoms with van der Waals surface area (Å²) in [6.07, 6.45) is 1.78. The molecule has 0 aliphatic rings. The summed E-state index contributed by atoms with van der Waals surface area (Å²) >= 11 is 1.52. The Hall–Kier alpha value is -2.67. The van der Waals surface area contributed by atoms with Crippen LogP contribution in [-0.2, 0) is 6.54 Å². The largest absolute Gasteiger partial charge is 0.259 e. The number of hydrogen-bond acceptors (Lipinski definition) is 6. The fourth-order valence-electron chi connectivity index (χ4n) is 2.51. The molecule has 5 nitrogen and oxygen atoms in total. The molecule has 0 radical (unpaired) electrons. The molecule has 3 rings (SSSR count). The van der Waals surface area contributed by atoms with Crippen LogP contribution in [0.1, 0.15) is 21.3 Å². The number of benzene rings is 1. The number of hydrazone groups is 1. The Bertz CT molecular complexity index is 922. The van der Waals surface area contributed by atoms with Gasteiger partial charge in [0.15, 0.2) is 0 Å². The van der Waals surface area contributed by atoms with Crippen molar-refractivity contribution in [1.82, 2.24) is 15.2 Å². The molecule has 0 unspecified atom stereocenters. The minimum absolute atomic E-state index is 0.218. The van der Waals surface area contributed by atoms with Gasteiger partial charge in [0.2, 0.25) is 0 Å². The topological polar surface area (TPSA) is 54.3 Å². The minimum Gasteiger partial charge on any atom is -0.259 e. The van der Waals surface area contributed by atoms with Gasteiger partial charge in [0.05, 0.1) is 17.9 Å². The average molecular weight is 355 g/mol.